The highest BCUT2D eigenvalue weighted by Crippen LogP contribution is 2.22. The molecule has 0 fully saturated rings. The molecule has 3 N–H and O–H groups in total. The van der Waals surface area contributed by atoms with Crippen LogP contribution in [-0.2, 0) is 0 Å². The van der Waals surface area contributed by atoms with Crippen molar-refractivity contribution in [3.05, 3.63) is 34.8 Å². The molecule has 0 aliphatic carbocycles. The Balaban J connectivity index is 2.78. The molecule has 0 saturated carbocycles. The Hall–Kier alpha value is -1.49. The van der Waals surface area contributed by atoms with E-state index < -0.39 is 5.91 Å². The van der Waals surface area contributed by atoms with Crippen LogP contribution in [0.15, 0.2) is 29.3 Å². The molecule has 0 aliphatic heterocycles. The lowest BCUT2D eigenvalue weighted by Gasteiger charge is -2.05. The minimum atomic E-state index is -0.423. The van der Waals surface area contributed by atoms with Crippen LogP contribution < -0.4 is 5.32 Å². The Morgan fingerprint density at radius 2 is 2.13 bits per heavy atom. The first-order valence-corrected chi connectivity index (χ1v) is 4.93. The Morgan fingerprint density at radius 1 is 1.47 bits per heavy atom. The molecule has 1 aromatic carbocycles. The van der Waals surface area contributed by atoms with Gasteiger partial charge in [-0.2, -0.15) is 0 Å². The van der Waals surface area contributed by atoms with Gasteiger partial charge in [0, 0.05) is 17.1 Å². The van der Waals surface area contributed by atoms with E-state index in [-0.39, 0.29) is 23.6 Å². The highest BCUT2D eigenvalue weighted by Gasteiger charge is 2.10. The summed E-state index contributed by atoms with van der Waals surface area (Å²) in [5.74, 6) is -0.769. The summed E-state index contributed by atoms with van der Waals surface area (Å²) in [5.41, 5.74) is 0.113. The third-order valence-corrected chi connectivity index (χ3v) is 1.95. The molecule has 0 spiro atoms. The maximum absolute atomic E-state index is 11.5. The van der Waals surface area contributed by atoms with E-state index in [4.69, 9.17) is 5.11 Å². The molecule has 0 heterocycles. The van der Waals surface area contributed by atoms with E-state index in [0.717, 1.165) is 6.07 Å². The molecule has 4 nitrogen and oxygen atoms in total. The summed E-state index contributed by atoms with van der Waals surface area (Å²) in [7, 11) is 0. The molecule has 0 aromatic heterocycles. The number of hydrogen-bond donors (Lipinski definition) is 3. The topological polar surface area (TPSA) is 69.6 Å². The molecule has 1 aromatic rings. The van der Waals surface area contributed by atoms with Crippen molar-refractivity contribution in [3.63, 3.8) is 0 Å². The van der Waals surface area contributed by atoms with E-state index in [9.17, 15) is 9.90 Å². The lowest BCUT2D eigenvalue weighted by atomic mass is 10.2. The van der Waals surface area contributed by atoms with E-state index in [2.05, 4.69) is 27.8 Å². The van der Waals surface area contributed by atoms with Crippen LogP contribution in [0.5, 0.6) is 11.5 Å². The summed E-state index contributed by atoms with van der Waals surface area (Å²) in [6.07, 6.45) is 0. The van der Waals surface area contributed by atoms with Gasteiger partial charge in [-0.05, 0) is 12.1 Å². The predicted octanol–water partition coefficient (Wildman–Crippen LogP) is 1.74. The predicted molar refractivity (Wildman–Crippen MR) is 60.2 cm³/mol. The van der Waals surface area contributed by atoms with E-state index in [0.29, 0.717) is 4.48 Å². The number of carbonyl (C=O) groups is 1. The minimum absolute atomic E-state index is 0.0889. The van der Waals surface area contributed by atoms with Crippen molar-refractivity contribution in [1.82, 2.24) is 5.32 Å². The van der Waals surface area contributed by atoms with Crippen LogP contribution in [0.4, 0.5) is 0 Å². The Morgan fingerprint density at radius 3 is 2.67 bits per heavy atom. The van der Waals surface area contributed by atoms with Crippen LogP contribution in [0.3, 0.4) is 0 Å². The van der Waals surface area contributed by atoms with Gasteiger partial charge < -0.3 is 15.5 Å². The fraction of sp³-hybridized carbons (Fsp3) is 0.100. The van der Waals surface area contributed by atoms with E-state index in [1.54, 1.807) is 0 Å². The van der Waals surface area contributed by atoms with Gasteiger partial charge in [-0.1, -0.05) is 22.5 Å². The molecule has 5 heteroatoms. The van der Waals surface area contributed by atoms with Gasteiger partial charge in [0.05, 0.1) is 5.56 Å². The van der Waals surface area contributed by atoms with Crippen LogP contribution in [0, 0.1) is 0 Å². The van der Waals surface area contributed by atoms with E-state index in [1.165, 1.54) is 12.1 Å². The zero-order chi connectivity index (χ0) is 11.4. The highest BCUT2D eigenvalue weighted by atomic mass is 79.9. The van der Waals surface area contributed by atoms with Gasteiger partial charge in [-0.25, -0.2) is 0 Å². The number of amides is 1. The Labute approximate surface area is 95.4 Å². The first-order valence-electron chi connectivity index (χ1n) is 4.14. The largest absolute Gasteiger partial charge is 0.508 e. The lowest BCUT2D eigenvalue weighted by molar-refractivity contribution is 0.0955. The van der Waals surface area contributed by atoms with Gasteiger partial charge in [0.25, 0.3) is 5.91 Å². The van der Waals surface area contributed by atoms with Crippen LogP contribution in [0.25, 0.3) is 0 Å². The molecule has 15 heavy (non-hydrogen) atoms. The average Bonchev–Trinajstić information content (AvgIpc) is 2.14. The second kappa shape index (κ2) is 4.84. The van der Waals surface area contributed by atoms with E-state index >= 15 is 0 Å². The maximum Gasteiger partial charge on any atom is 0.255 e. The van der Waals surface area contributed by atoms with Crippen molar-refractivity contribution in [2.24, 2.45) is 0 Å². The van der Waals surface area contributed by atoms with Crippen LogP contribution in [0.2, 0.25) is 0 Å². The summed E-state index contributed by atoms with van der Waals surface area (Å²) in [6.45, 7) is 3.83. The molecule has 0 radical (unpaired) electrons. The molecule has 1 amide bonds. The number of phenols is 2. The van der Waals surface area contributed by atoms with Crippen molar-refractivity contribution >= 4 is 21.8 Å². The fourth-order valence-electron chi connectivity index (χ4n) is 0.983. The SMILES string of the molecule is C=C(Br)CNC(=O)c1ccc(O)cc1O. The summed E-state index contributed by atoms with van der Waals surface area (Å²) in [5, 5.41) is 20.9. The van der Waals surface area contributed by atoms with Crippen molar-refractivity contribution in [1.29, 1.82) is 0 Å². The van der Waals surface area contributed by atoms with Gasteiger partial charge in [-0.3, -0.25) is 4.79 Å². The van der Waals surface area contributed by atoms with Crippen molar-refractivity contribution in [3.8, 4) is 11.5 Å². The van der Waals surface area contributed by atoms with Crippen LogP contribution in [0.1, 0.15) is 10.4 Å². The normalized spacial score (nSPS) is 9.67. The smallest absolute Gasteiger partial charge is 0.255 e. The number of carbonyl (C=O) groups excluding carboxylic acids is 1. The number of nitrogens with one attached hydrogen (secondary N) is 1. The van der Waals surface area contributed by atoms with Gasteiger partial charge >= 0.3 is 0 Å². The second-order valence-electron chi connectivity index (χ2n) is 2.90. The van der Waals surface area contributed by atoms with E-state index in [1.807, 2.05) is 0 Å². The lowest BCUT2D eigenvalue weighted by Crippen LogP contribution is -2.24. The molecule has 80 valence electrons. The standard InChI is InChI=1S/C10H10BrNO3/c1-6(11)5-12-10(15)8-3-2-7(13)4-9(8)14/h2-4,13-14H,1,5H2,(H,12,15). The summed E-state index contributed by atoms with van der Waals surface area (Å²) >= 11 is 3.09. The quantitative estimate of drug-likeness (QED) is 0.784. The third-order valence-electron chi connectivity index (χ3n) is 1.67. The van der Waals surface area contributed by atoms with Crippen molar-refractivity contribution in [2.75, 3.05) is 6.54 Å². The molecule has 0 saturated heterocycles. The molecular formula is C10H10BrNO3. The highest BCUT2D eigenvalue weighted by molar-refractivity contribution is 9.11. The molecule has 0 bridgehead atoms. The van der Waals surface area contributed by atoms with Gasteiger partial charge in [-0.15, -0.1) is 0 Å². The molecule has 0 aliphatic rings. The molecule has 0 unspecified atom stereocenters. The van der Waals surface area contributed by atoms with Crippen molar-refractivity contribution < 1.29 is 15.0 Å². The molecule has 1 rings (SSSR count). The number of hydrogen-bond acceptors (Lipinski definition) is 3. The minimum Gasteiger partial charge on any atom is -0.508 e. The summed E-state index contributed by atoms with van der Waals surface area (Å²) in [6, 6.07) is 3.78. The summed E-state index contributed by atoms with van der Waals surface area (Å²) < 4.78 is 0.633. The van der Waals surface area contributed by atoms with Crippen molar-refractivity contribution in [2.45, 2.75) is 0 Å². The number of benzene rings is 1. The Kier molecular flexibility index (Phi) is 3.74. The maximum atomic E-state index is 11.5. The second-order valence-corrected chi connectivity index (χ2v) is 4.02. The summed E-state index contributed by atoms with van der Waals surface area (Å²) in [4.78, 5) is 11.5. The Bertz CT molecular complexity index is 404. The molecular weight excluding hydrogens is 262 g/mol. The number of halogens is 1. The third kappa shape index (κ3) is 3.28. The number of phenolic OH excluding ortho intramolecular Hbond substituents is 2. The molecule has 0 atom stereocenters. The van der Waals surface area contributed by atoms with Crippen LogP contribution >= 0.6 is 15.9 Å². The van der Waals surface area contributed by atoms with Gasteiger partial charge in [0.2, 0.25) is 0 Å². The average molecular weight is 272 g/mol. The van der Waals surface area contributed by atoms with Gasteiger partial charge in [0.1, 0.15) is 11.5 Å². The van der Waals surface area contributed by atoms with Crippen LogP contribution in [-0.4, -0.2) is 22.7 Å². The first-order chi connectivity index (χ1) is 7.00. The number of aromatic hydroxyl groups is 2. The zero-order valence-corrected chi connectivity index (χ0v) is 9.41. The fourth-order valence-corrected chi connectivity index (χ4v) is 1.12. The first kappa shape index (κ1) is 11.6. The number of rotatable bonds is 3. The monoisotopic (exact) mass is 271 g/mol. The zero-order valence-electron chi connectivity index (χ0n) is 7.83. The van der Waals surface area contributed by atoms with Gasteiger partial charge in [0.15, 0.2) is 0 Å².